The summed E-state index contributed by atoms with van der Waals surface area (Å²) in [5, 5.41) is 19.9. The van der Waals surface area contributed by atoms with Gasteiger partial charge < -0.3 is 10.2 Å². The summed E-state index contributed by atoms with van der Waals surface area (Å²) >= 11 is 0. The lowest BCUT2D eigenvalue weighted by Gasteiger charge is -2.44. The van der Waals surface area contributed by atoms with Crippen molar-refractivity contribution < 1.29 is 10.2 Å². The van der Waals surface area contributed by atoms with E-state index in [1.165, 1.54) is 48.8 Å². The van der Waals surface area contributed by atoms with Crippen LogP contribution in [-0.2, 0) is 6.42 Å². The van der Waals surface area contributed by atoms with Gasteiger partial charge >= 0.3 is 0 Å². The number of aromatic hydroxyl groups is 1. The Kier molecular flexibility index (Phi) is 6.25. The van der Waals surface area contributed by atoms with Gasteiger partial charge in [0, 0.05) is 0 Å². The van der Waals surface area contributed by atoms with E-state index in [0.717, 1.165) is 31.6 Å². The fourth-order valence-corrected chi connectivity index (χ4v) is 6.81. The molecule has 0 saturated heterocycles. The Morgan fingerprint density at radius 2 is 2.03 bits per heavy atom. The minimum atomic E-state index is -0.203. The van der Waals surface area contributed by atoms with Gasteiger partial charge in [0.15, 0.2) is 0 Å². The minimum absolute atomic E-state index is 0.203. The van der Waals surface area contributed by atoms with E-state index in [-0.39, 0.29) is 6.10 Å². The van der Waals surface area contributed by atoms with Gasteiger partial charge in [-0.1, -0.05) is 55.9 Å². The number of phenols is 1. The zero-order chi connectivity index (χ0) is 21.3. The van der Waals surface area contributed by atoms with Crippen LogP contribution in [0.5, 0.6) is 5.75 Å². The molecule has 4 rings (SSSR count). The van der Waals surface area contributed by atoms with E-state index in [1.807, 2.05) is 12.1 Å². The summed E-state index contributed by atoms with van der Waals surface area (Å²) in [7, 11) is 0. The molecule has 2 heteroatoms. The van der Waals surface area contributed by atoms with Gasteiger partial charge in [-0.15, -0.1) is 0 Å². The van der Waals surface area contributed by atoms with E-state index in [9.17, 15) is 10.2 Å². The van der Waals surface area contributed by atoms with E-state index < -0.39 is 0 Å². The third-order valence-electron chi connectivity index (χ3n) is 8.38. The van der Waals surface area contributed by atoms with Gasteiger partial charge in [0.25, 0.3) is 0 Å². The Hall–Kier alpha value is -1.80. The molecule has 3 aliphatic rings. The summed E-state index contributed by atoms with van der Waals surface area (Å²) in [5.74, 6) is 2.41. The van der Waals surface area contributed by atoms with Gasteiger partial charge in [-0.2, -0.15) is 0 Å². The molecule has 1 aromatic rings. The van der Waals surface area contributed by atoms with Crippen molar-refractivity contribution in [2.75, 3.05) is 0 Å². The number of rotatable bonds is 4. The Morgan fingerprint density at radius 1 is 1.20 bits per heavy atom. The van der Waals surface area contributed by atoms with E-state index in [1.54, 1.807) is 11.6 Å². The first-order valence-electron chi connectivity index (χ1n) is 11.9. The van der Waals surface area contributed by atoms with Crippen molar-refractivity contribution in [3.63, 3.8) is 0 Å². The van der Waals surface area contributed by atoms with Crippen LogP contribution in [0.25, 0.3) is 0 Å². The number of benzene rings is 1. The molecule has 0 aromatic heterocycles. The van der Waals surface area contributed by atoms with Crippen LogP contribution < -0.4 is 0 Å². The standard InChI is InChI=1S/C28H38O2/c1-19-9-12-25(30)18-23(19)11-10-22-7-5-15-28(3)26(13-14-27(22)28)20(2)16-21-6-4-8-24(29)17-21/h4,6,8,10-11,17,20,25-27,29-30H,1,5,7,9,12-16,18H2,2-3H3/b22-10+,23-11+/t20-,25+,26-,27+,28-/m1/s1. The quantitative estimate of drug-likeness (QED) is 0.581. The van der Waals surface area contributed by atoms with Gasteiger partial charge in [0.05, 0.1) is 6.10 Å². The summed E-state index contributed by atoms with van der Waals surface area (Å²) < 4.78 is 0. The van der Waals surface area contributed by atoms with Crippen molar-refractivity contribution in [2.45, 2.75) is 77.7 Å². The van der Waals surface area contributed by atoms with E-state index in [0.29, 0.717) is 23.0 Å². The minimum Gasteiger partial charge on any atom is -0.508 e. The molecule has 2 nitrogen and oxygen atoms in total. The highest BCUT2D eigenvalue weighted by Crippen LogP contribution is 2.59. The number of aliphatic hydroxyl groups is 1. The number of aliphatic hydroxyl groups excluding tert-OH is 1. The van der Waals surface area contributed by atoms with Crippen molar-refractivity contribution >= 4 is 0 Å². The molecular weight excluding hydrogens is 368 g/mol. The first-order chi connectivity index (χ1) is 14.4. The summed E-state index contributed by atoms with van der Waals surface area (Å²) in [6.07, 6.45) is 14.5. The highest BCUT2D eigenvalue weighted by atomic mass is 16.3. The molecule has 5 atom stereocenters. The molecule has 0 unspecified atom stereocenters. The number of hydrogen-bond acceptors (Lipinski definition) is 2. The normalized spacial score (nSPS) is 35.6. The Morgan fingerprint density at radius 3 is 2.83 bits per heavy atom. The second kappa shape index (κ2) is 8.75. The van der Waals surface area contributed by atoms with E-state index in [2.05, 4.69) is 38.6 Å². The Bertz CT molecular complexity index is 848. The largest absolute Gasteiger partial charge is 0.508 e. The zero-order valence-electron chi connectivity index (χ0n) is 18.7. The number of hydrogen-bond donors (Lipinski definition) is 2. The van der Waals surface area contributed by atoms with Crippen molar-refractivity contribution in [3.05, 3.63) is 65.3 Å². The van der Waals surface area contributed by atoms with Gasteiger partial charge in [0.2, 0.25) is 0 Å². The third kappa shape index (κ3) is 4.30. The highest BCUT2D eigenvalue weighted by molar-refractivity contribution is 5.36. The Balaban J connectivity index is 1.51. The van der Waals surface area contributed by atoms with E-state index in [4.69, 9.17) is 0 Å². The number of phenolic OH excluding ortho intramolecular Hbond substituents is 1. The Labute approximate surface area is 182 Å². The molecule has 0 aliphatic heterocycles. The second-order valence-corrected chi connectivity index (χ2v) is 10.4. The molecule has 2 N–H and O–H groups in total. The average Bonchev–Trinajstić information content (AvgIpc) is 3.06. The first kappa shape index (κ1) is 21.4. The van der Waals surface area contributed by atoms with Gasteiger partial charge in [-0.25, -0.2) is 0 Å². The molecule has 0 radical (unpaired) electrons. The first-order valence-corrected chi connectivity index (χ1v) is 11.9. The van der Waals surface area contributed by atoms with Crippen LogP contribution in [0.4, 0.5) is 0 Å². The predicted molar refractivity (Wildman–Crippen MR) is 124 cm³/mol. The van der Waals surface area contributed by atoms with Crippen LogP contribution in [0.3, 0.4) is 0 Å². The van der Waals surface area contributed by atoms with Gasteiger partial charge in [-0.3, -0.25) is 0 Å². The lowest BCUT2D eigenvalue weighted by Crippen LogP contribution is -2.36. The van der Waals surface area contributed by atoms with Crippen LogP contribution in [0.1, 0.15) is 70.8 Å². The maximum Gasteiger partial charge on any atom is 0.115 e. The lowest BCUT2D eigenvalue weighted by molar-refractivity contribution is 0.0975. The second-order valence-electron chi connectivity index (χ2n) is 10.4. The monoisotopic (exact) mass is 406 g/mol. The molecule has 162 valence electrons. The topological polar surface area (TPSA) is 40.5 Å². The molecule has 0 amide bonds. The van der Waals surface area contributed by atoms with Crippen molar-refractivity contribution in [3.8, 4) is 5.75 Å². The molecule has 3 aliphatic carbocycles. The molecule has 3 fully saturated rings. The molecule has 0 spiro atoms. The maximum absolute atomic E-state index is 10.0. The molecular formula is C28H38O2. The van der Waals surface area contributed by atoms with Crippen LogP contribution in [0.2, 0.25) is 0 Å². The summed E-state index contributed by atoms with van der Waals surface area (Å²) in [5.41, 5.74) is 5.71. The summed E-state index contributed by atoms with van der Waals surface area (Å²) in [4.78, 5) is 0. The highest BCUT2D eigenvalue weighted by Gasteiger charge is 2.50. The zero-order valence-corrected chi connectivity index (χ0v) is 18.7. The van der Waals surface area contributed by atoms with Crippen molar-refractivity contribution in [2.24, 2.45) is 23.2 Å². The molecule has 0 bridgehead atoms. The summed E-state index contributed by atoms with van der Waals surface area (Å²) in [6, 6.07) is 7.79. The van der Waals surface area contributed by atoms with Crippen LogP contribution >= 0.6 is 0 Å². The average molecular weight is 407 g/mol. The van der Waals surface area contributed by atoms with E-state index >= 15 is 0 Å². The number of fused-ring (bicyclic) bond motifs is 1. The van der Waals surface area contributed by atoms with Gasteiger partial charge in [-0.05, 0) is 104 Å². The van der Waals surface area contributed by atoms with Crippen LogP contribution in [0, 0.1) is 23.2 Å². The van der Waals surface area contributed by atoms with Crippen molar-refractivity contribution in [1.29, 1.82) is 0 Å². The fraction of sp³-hybridized carbons (Fsp3) is 0.571. The predicted octanol–water partition coefficient (Wildman–Crippen LogP) is 6.74. The van der Waals surface area contributed by atoms with Crippen LogP contribution in [0.15, 0.2) is 59.7 Å². The smallest absolute Gasteiger partial charge is 0.115 e. The molecule has 3 saturated carbocycles. The van der Waals surface area contributed by atoms with Crippen LogP contribution in [-0.4, -0.2) is 16.3 Å². The summed E-state index contributed by atoms with van der Waals surface area (Å²) in [6.45, 7) is 9.18. The third-order valence-corrected chi connectivity index (χ3v) is 8.38. The lowest BCUT2D eigenvalue weighted by atomic mass is 9.60. The number of allylic oxidation sites excluding steroid dienone is 4. The molecule has 0 heterocycles. The molecule has 1 aromatic carbocycles. The molecule has 30 heavy (non-hydrogen) atoms. The SMILES string of the molecule is C=C1CC[C@H](O)C/C1=C\C=C1/CCC[C@]2(C)[C@@H]([C@H](C)Cc3cccc(O)c3)CC[C@@H]12. The van der Waals surface area contributed by atoms with Gasteiger partial charge in [0.1, 0.15) is 5.75 Å². The maximum atomic E-state index is 10.0. The fourth-order valence-electron chi connectivity index (χ4n) is 6.81. The van der Waals surface area contributed by atoms with Crippen molar-refractivity contribution in [1.82, 2.24) is 0 Å².